The largest absolute Gasteiger partial charge is 0.329 e. The van der Waals surface area contributed by atoms with Crippen LogP contribution >= 0.6 is 0 Å². The van der Waals surface area contributed by atoms with Crippen LogP contribution in [0.4, 0.5) is 0 Å². The zero-order valence-electron chi connectivity index (χ0n) is 13.0. The monoisotopic (exact) mass is 254 g/mol. The zero-order valence-corrected chi connectivity index (χ0v) is 13.0. The molecule has 0 aromatic carbocycles. The van der Waals surface area contributed by atoms with E-state index < -0.39 is 0 Å². The minimum absolute atomic E-state index is 0.248. The Hall–Kier alpha value is -0.0800. The van der Waals surface area contributed by atoms with Crippen LogP contribution in [0.5, 0.6) is 0 Å². The van der Waals surface area contributed by atoms with Gasteiger partial charge in [0.2, 0.25) is 0 Å². The molecule has 108 valence electrons. The van der Waals surface area contributed by atoms with Crippen LogP contribution in [0.3, 0.4) is 0 Å². The number of nitrogens with zero attached hydrogens (tertiary/aromatic N) is 1. The number of rotatable bonds is 7. The predicted octanol–water partition coefficient (Wildman–Crippen LogP) is 3.79. The molecule has 3 unspecified atom stereocenters. The summed E-state index contributed by atoms with van der Waals surface area (Å²) in [5, 5.41) is 0. The second-order valence-electron chi connectivity index (χ2n) is 6.42. The van der Waals surface area contributed by atoms with Gasteiger partial charge in [-0.05, 0) is 38.6 Å². The Bertz CT molecular complexity index is 223. The fraction of sp³-hybridized carbons (Fsp3) is 1.00. The van der Waals surface area contributed by atoms with Gasteiger partial charge < -0.3 is 5.73 Å². The maximum atomic E-state index is 6.16. The Morgan fingerprint density at radius 3 is 2.50 bits per heavy atom. The second-order valence-corrected chi connectivity index (χ2v) is 6.42. The van der Waals surface area contributed by atoms with E-state index in [9.17, 15) is 0 Å². The van der Waals surface area contributed by atoms with E-state index in [1.807, 2.05) is 0 Å². The lowest BCUT2D eigenvalue weighted by molar-refractivity contribution is 0.0360. The molecule has 1 rings (SSSR count). The average molecular weight is 254 g/mol. The molecule has 1 aliphatic rings. The van der Waals surface area contributed by atoms with Crippen LogP contribution in [-0.4, -0.2) is 30.1 Å². The molecule has 1 saturated carbocycles. The molecule has 0 bridgehead atoms. The van der Waals surface area contributed by atoms with Gasteiger partial charge in [-0.3, -0.25) is 4.90 Å². The number of hydrogen-bond acceptors (Lipinski definition) is 2. The minimum Gasteiger partial charge on any atom is -0.329 e. The van der Waals surface area contributed by atoms with Gasteiger partial charge in [-0.2, -0.15) is 0 Å². The molecule has 18 heavy (non-hydrogen) atoms. The van der Waals surface area contributed by atoms with Gasteiger partial charge in [0.05, 0.1) is 0 Å². The van der Waals surface area contributed by atoms with E-state index in [4.69, 9.17) is 5.73 Å². The fourth-order valence-electron chi connectivity index (χ4n) is 3.64. The maximum absolute atomic E-state index is 6.16. The average Bonchev–Trinajstić information content (AvgIpc) is 2.40. The Balaban J connectivity index is 2.70. The van der Waals surface area contributed by atoms with E-state index in [-0.39, 0.29) is 5.54 Å². The van der Waals surface area contributed by atoms with E-state index in [1.165, 1.54) is 51.4 Å². The SMILES string of the molecule is CCCCC(CC)(CN)N(C)C1CCCC(C)C1. The van der Waals surface area contributed by atoms with Crippen LogP contribution in [0.15, 0.2) is 0 Å². The summed E-state index contributed by atoms with van der Waals surface area (Å²) in [6.45, 7) is 7.80. The topological polar surface area (TPSA) is 29.3 Å². The summed E-state index contributed by atoms with van der Waals surface area (Å²) >= 11 is 0. The Morgan fingerprint density at radius 1 is 1.28 bits per heavy atom. The number of hydrogen-bond donors (Lipinski definition) is 1. The van der Waals surface area contributed by atoms with Crippen LogP contribution < -0.4 is 5.73 Å². The highest BCUT2D eigenvalue weighted by Gasteiger charge is 2.36. The smallest absolute Gasteiger partial charge is 0.0329 e. The van der Waals surface area contributed by atoms with Crippen LogP contribution in [0.25, 0.3) is 0 Å². The molecule has 0 amide bonds. The Morgan fingerprint density at radius 2 is 2.00 bits per heavy atom. The standard InChI is InChI=1S/C16H34N2/c1-5-7-11-16(6-2,13-17)18(4)15-10-8-9-14(3)12-15/h14-15H,5-13,17H2,1-4H3. The van der Waals surface area contributed by atoms with Crippen LogP contribution in [0.1, 0.15) is 72.1 Å². The number of likely N-dealkylation sites (N-methyl/N-ethyl adjacent to an activating group) is 1. The fourth-order valence-corrected chi connectivity index (χ4v) is 3.64. The third-order valence-corrected chi connectivity index (χ3v) is 5.24. The summed E-state index contributed by atoms with van der Waals surface area (Å²) in [6.07, 6.45) is 10.6. The first-order chi connectivity index (χ1) is 8.59. The van der Waals surface area contributed by atoms with Gasteiger partial charge in [0.25, 0.3) is 0 Å². The molecule has 2 heteroatoms. The summed E-state index contributed by atoms with van der Waals surface area (Å²) in [5.41, 5.74) is 6.41. The molecular formula is C16H34N2. The molecule has 2 nitrogen and oxygen atoms in total. The molecular weight excluding hydrogens is 220 g/mol. The van der Waals surface area contributed by atoms with Crippen molar-refractivity contribution in [1.29, 1.82) is 0 Å². The molecule has 2 N–H and O–H groups in total. The zero-order chi connectivity index (χ0) is 13.6. The highest BCUT2D eigenvalue weighted by atomic mass is 15.2. The lowest BCUT2D eigenvalue weighted by Gasteiger charge is -2.47. The first kappa shape index (κ1) is 16.0. The van der Waals surface area contributed by atoms with Gasteiger partial charge in [-0.15, -0.1) is 0 Å². The summed E-state index contributed by atoms with van der Waals surface area (Å²) in [5.74, 6) is 0.893. The summed E-state index contributed by atoms with van der Waals surface area (Å²) in [7, 11) is 2.33. The van der Waals surface area contributed by atoms with Gasteiger partial charge in [0, 0.05) is 18.1 Å². The van der Waals surface area contributed by atoms with E-state index in [0.29, 0.717) is 0 Å². The number of unbranched alkanes of at least 4 members (excludes halogenated alkanes) is 1. The molecule has 0 saturated heterocycles. The van der Waals surface area contributed by atoms with Crippen molar-refractivity contribution < 1.29 is 0 Å². The van der Waals surface area contributed by atoms with E-state index >= 15 is 0 Å². The third-order valence-electron chi connectivity index (χ3n) is 5.24. The van der Waals surface area contributed by atoms with E-state index in [1.54, 1.807) is 0 Å². The minimum atomic E-state index is 0.248. The third kappa shape index (κ3) is 3.71. The van der Waals surface area contributed by atoms with Crippen LogP contribution in [0.2, 0.25) is 0 Å². The highest BCUT2D eigenvalue weighted by Crippen LogP contribution is 2.33. The molecule has 0 heterocycles. The van der Waals surface area contributed by atoms with Crippen molar-refractivity contribution in [2.24, 2.45) is 11.7 Å². The number of nitrogens with two attached hydrogens (primary N) is 1. The van der Waals surface area contributed by atoms with Gasteiger partial charge in [0.15, 0.2) is 0 Å². The second kappa shape index (κ2) is 7.49. The molecule has 1 aliphatic carbocycles. The van der Waals surface area contributed by atoms with E-state index in [0.717, 1.165) is 18.5 Å². The Labute approximate surface area is 114 Å². The first-order valence-corrected chi connectivity index (χ1v) is 8.02. The van der Waals surface area contributed by atoms with Crippen LogP contribution in [0, 0.1) is 5.92 Å². The highest BCUT2D eigenvalue weighted by molar-refractivity contribution is 4.93. The molecule has 3 atom stereocenters. The summed E-state index contributed by atoms with van der Waals surface area (Å²) in [4.78, 5) is 2.65. The Kier molecular flexibility index (Phi) is 6.65. The van der Waals surface area contributed by atoms with Crippen molar-refractivity contribution in [3.05, 3.63) is 0 Å². The van der Waals surface area contributed by atoms with Crippen molar-refractivity contribution in [3.8, 4) is 0 Å². The molecule has 0 radical (unpaired) electrons. The predicted molar refractivity (Wildman–Crippen MR) is 80.8 cm³/mol. The van der Waals surface area contributed by atoms with E-state index in [2.05, 4.69) is 32.7 Å². The molecule has 0 aromatic heterocycles. The maximum Gasteiger partial charge on any atom is 0.0329 e. The van der Waals surface area contributed by atoms with Gasteiger partial charge >= 0.3 is 0 Å². The van der Waals surface area contributed by atoms with Gasteiger partial charge in [-0.25, -0.2) is 0 Å². The normalized spacial score (nSPS) is 28.3. The van der Waals surface area contributed by atoms with Gasteiger partial charge in [0.1, 0.15) is 0 Å². The molecule has 0 aromatic rings. The lowest BCUT2D eigenvalue weighted by Crippen LogP contribution is -2.56. The van der Waals surface area contributed by atoms with Crippen molar-refractivity contribution in [3.63, 3.8) is 0 Å². The van der Waals surface area contributed by atoms with Crippen molar-refractivity contribution in [2.75, 3.05) is 13.6 Å². The quantitative estimate of drug-likeness (QED) is 0.749. The lowest BCUT2D eigenvalue weighted by atomic mass is 9.81. The first-order valence-electron chi connectivity index (χ1n) is 8.02. The molecule has 1 fully saturated rings. The molecule has 0 aliphatic heterocycles. The molecule has 0 spiro atoms. The van der Waals surface area contributed by atoms with Crippen molar-refractivity contribution >= 4 is 0 Å². The van der Waals surface area contributed by atoms with Crippen LogP contribution in [-0.2, 0) is 0 Å². The summed E-state index contributed by atoms with van der Waals surface area (Å²) in [6, 6.07) is 0.758. The van der Waals surface area contributed by atoms with Crippen molar-refractivity contribution in [1.82, 2.24) is 4.90 Å². The van der Waals surface area contributed by atoms with Gasteiger partial charge in [-0.1, -0.05) is 46.5 Å². The van der Waals surface area contributed by atoms with Crippen molar-refractivity contribution in [2.45, 2.75) is 83.7 Å². The summed E-state index contributed by atoms with van der Waals surface area (Å²) < 4.78 is 0.